The minimum atomic E-state index is -0.205. The van der Waals surface area contributed by atoms with Gasteiger partial charge in [-0.15, -0.1) is 0 Å². The molecule has 0 aliphatic carbocycles. The normalized spacial score (nSPS) is 16.9. The van der Waals surface area contributed by atoms with E-state index in [0.717, 1.165) is 24.1 Å². The molecular weight excluding hydrogens is 354 g/mol. The lowest BCUT2D eigenvalue weighted by molar-refractivity contribution is 0.0632. The maximum Gasteiger partial charge on any atom is 0.274 e. The first-order valence-corrected chi connectivity index (χ1v) is 9.48. The highest BCUT2D eigenvalue weighted by molar-refractivity contribution is 5.99. The van der Waals surface area contributed by atoms with Gasteiger partial charge in [0.2, 0.25) is 0 Å². The number of aryl methyl sites for hydroxylation is 1. The number of carbonyl (C=O) groups excluding carboxylic acids is 2. The molecule has 1 fully saturated rings. The number of piperidine rings is 1. The molecule has 1 aromatic carbocycles. The van der Waals surface area contributed by atoms with E-state index in [1.54, 1.807) is 30.3 Å². The van der Waals surface area contributed by atoms with Crippen LogP contribution in [0.4, 0.5) is 0 Å². The van der Waals surface area contributed by atoms with Gasteiger partial charge in [-0.1, -0.05) is 18.2 Å². The van der Waals surface area contributed by atoms with Crippen molar-refractivity contribution in [3.8, 4) is 5.75 Å². The van der Waals surface area contributed by atoms with E-state index in [9.17, 15) is 9.59 Å². The Morgan fingerprint density at radius 1 is 1.21 bits per heavy atom. The number of imidazole rings is 1. The number of aromatic nitrogens is 2. The van der Waals surface area contributed by atoms with Crippen LogP contribution in [0.3, 0.4) is 0 Å². The molecule has 1 atom stereocenters. The van der Waals surface area contributed by atoms with Gasteiger partial charge >= 0.3 is 0 Å². The molecule has 28 heavy (non-hydrogen) atoms. The van der Waals surface area contributed by atoms with E-state index in [-0.39, 0.29) is 17.6 Å². The van der Waals surface area contributed by atoms with E-state index in [1.165, 1.54) is 0 Å². The molecule has 6 nitrogen and oxygen atoms in total. The van der Waals surface area contributed by atoms with Gasteiger partial charge < -0.3 is 14.0 Å². The number of rotatable bonds is 4. The molecule has 0 bridgehead atoms. The van der Waals surface area contributed by atoms with Gasteiger partial charge in [-0.25, -0.2) is 4.98 Å². The number of fused-ring (bicyclic) bond motifs is 1. The van der Waals surface area contributed by atoms with Crippen molar-refractivity contribution in [3.63, 3.8) is 0 Å². The van der Waals surface area contributed by atoms with Gasteiger partial charge in [0.15, 0.2) is 5.78 Å². The largest absolute Gasteiger partial charge is 0.497 e. The van der Waals surface area contributed by atoms with E-state index >= 15 is 0 Å². The Balaban J connectivity index is 1.53. The Morgan fingerprint density at radius 2 is 2.07 bits per heavy atom. The summed E-state index contributed by atoms with van der Waals surface area (Å²) in [4.78, 5) is 32.2. The van der Waals surface area contributed by atoms with Gasteiger partial charge in [-0.05, 0) is 43.5 Å². The molecule has 0 saturated carbocycles. The average Bonchev–Trinajstić information content (AvgIpc) is 3.18. The summed E-state index contributed by atoms with van der Waals surface area (Å²) >= 11 is 0. The summed E-state index contributed by atoms with van der Waals surface area (Å²) < 4.78 is 7.09. The van der Waals surface area contributed by atoms with Gasteiger partial charge in [0.05, 0.1) is 7.11 Å². The molecular formula is C22H23N3O3. The van der Waals surface area contributed by atoms with E-state index < -0.39 is 0 Å². The summed E-state index contributed by atoms with van der Waals surface area (Å²) in [5.41, 5.74) is 2.85. The van der Waals surface area contributed by atoms with Crippen LogP contribution in [0.5, 0.6) is 5.75 Å². The topological polar surface area (TPSA) is 63.9 Å². The van der Waals surface area contributed by atoms with Crippen molar-refractivity contribution >= 4 is 17.3 Å². The summed E-state index contributed by atoms with van der Waals surface area (Å²) in [6, 6.07) is 11.1. The van der Waals surface area contributed by atoms with Gasteiger partial charge in [-0.2, -0.15) is 0 Å². The predicted octanol–water partition coefficient (Wildman–Crippen LogP) is 3.39. The minimum Gasteiger partial charge on any atom is -0.497 e. The molecule has 0 spiro atoms. The second-order valence-electron chi connectivity index (χ2n) is 7.23. The fourth-order valence-corrected chi connectivity index (χ4v) is 3.81. The molecule has 1 aliphatic rings. The summed E-state index contributed by atoms with van der Waals surface area (Å²) in [6.07, 6.45) is 5.23. The molecule has 4 rings (SSSR count). The number of hydrogen-bond donors (Lipinski definition) is 0. The Kier molecular flexibility index (Phi) is 4.86. The summed E-state index contributed by atoms with van der Waals surface area (Å²) in [6.45, 7) is 3.04. The quantitative estimate of drug-likeness (QED) is 0.654. The van der Waals surface area contributed by atoms with Crippen molar-refractivity contribution in [2.45, 2.75) is 19.8 Å². The zero-order valence-electron chi connectivity index (χ0n) is 16.1. The fraction of sp³-hybridized carbons (Fsp3) is 0.318. The molecule has 144 valence electrons. The van der Waals surface area contributed by atoms with Crippen molar-refractivity contribution in [1.29, 1.82) is 0 Å². The summed E-state index contributed by atoms with van der Waals surface area (Å²) in [5, 5.41) is 0. The molecule has 2 aromatic heterocycles. The first-order valence-electron chi connectivity index (χ1n) is 9.48. The number of ketones is 1. The number of pyridine rings is 1. The molecule has 3 heterocycles. The smallest absolute Gasteiger partial charge is 0.274 e. The number of amides is 1. The van der Waals surface area contributed by atoms with Crippen LogP contribution in [0.25, 0.3) is 5.65 Å². The van der Waals surface area contributed by atoms with E-state index in [4.69, 9.17) is 4.74 Å². The second-order valence-corrected chi connectivity index (χ2v) is 7.23. The van der Waals surface area contributed by atoms with Crippen molar-refractivity contribution in [3.05, 3.63) is 65.6 Å². The number of methoxy groups -OCH3 is 1. The third-order valence-electron chi connectivity index (χ3n) is 5.33. The van der Waals surface area contributed by atoms with Crippen LogP contribution in [0.1, 0.15) is 39.3 Å². The molecule has 1 amide bonds. The van der Waals surface area contributed by atoms with Crippen LogP contribution in [-0.2, 0) is 0 Å². The van der Waals surface area contributed by atoms with Gasteiger partial charge in [0, 0.05) is 37.0 Å². The molecule has 1 saturated heterocycles. The van der Waals surface area contributed by atoms with Crippen LogP contribution >= 0.6 is 0 Å². The van der Waals surface area contributed by atoms with Crippen molar-refractivity contribution < 1.29 is 14.3 Å². The van der Waals surface area contributed by atoms with E-state index in [0.29, 0.717) is 30.1 Å². The zero-order chi connectivity index (χ0) is 19.7. The highest BCUT2D eigenvalue weighted by atomic mass is 16.5. The molecule has 0 radical (unpaired) electrons. The molecule has 3 aromatic rings. The Morgan fingerprint density at radius 3 is 2.86 bits per heavy atom. The number of ether oxygens (including phenoxy) is 1. The van der Waals surface area contributed by atoms with Crippen molar-refractivity contribution in [2.75, 3.05) is 20.2 Å². The highest BCUT2D eigenvalue weighted by Crippen LogP contribution is 2.24. The maximum atomic E-state index is 13.0. The standard InChI is InChI=1S/C22H23N3O3/c1-15-6-4-10-24-14-19(23-21(15)24)22(27)25-11-5-8-17(13-25)20(26)16-7-3-9-18(12-16)28-2/h3-4,6-7,9-10,12,14,17H,5,8,11,13H2,1-2H3/t17-/m0/s1. The number of carbonyl (C=O) groups is 2. The maximum absolute atomic E-state index is 13.0. The lowest BCUT2D eigenvalue weighted by atomic mass is 9.90. The molecule has 6 heteroatoms. The molecule has 1 aliphatic heterocycles. The summed E-state index contributed by atoms with van der Waals surface area (Å²) in [5.74, 6) is 0.395. The monoisotopic (exact) mass is 377 g/mol. The average molecular weight is 377 g/mol. The number of hydrogen-bond acceptors (Lipinski definition) is 4. The molecule has 0 N–H and O–H groups in total. The Hall–Kier alpha value is -3.15. The van der Waals surface area contributed by atoms with Crippen LogP contribution in [0.2, 0.25) is 0 Å². The number of nitrogens with zero attached hydrogens (tertiary/aromatic N) is 3. The minimum absolute atomic E-state index is 0.0576. The van der Waals surface area contributed by atoms with Crippen LogP contribution in [-0.4, -0.2) is 46.2 Å². The van der Waals surface area contributed by atoms with Gasteiger partial charge in [0.25, 0.3) is 5.91 Å². The van der Waals surface area contributed by atoms with E-state index in [2.05, 4.69) is 4.98 Å². The van der Waals surface area contributed by atoms with Gasteiger partial charge in [0.1, 0.15) is 17.1 Å². The van der Waals surface area contributed by atoms with E-state index in [1.807, 2.05) is 41.8 Å². The van der Waals surface area contributed by atoms with Crippen LogP contribution < -0.4 is 4.74 Å². The lowest BCUT2D eigenvalue weighted by Gasteiger charge is -2.31. The Labute approximate surface area is 163 Å². The van der Waals surface area contributed by atoms with Crippen molar-refractivity contribution in [2.24, 2.45) is 5.92 Å². The highest BCUT2D eigenvalue weighted by Gasteiger charge is 2.30. The van der Waals surface area contributed by atoms with Crippen molar-refractivity contribution in [1.82, 2.24) is 14.3 Å². The third-order valence-corrected chi connectivity index (χ3v) is 5.33. The first kappa shape index (κ1) is 18.2. The van der Waals surface area contributed by atoms with Crippen LogP contribution in [0, 0.1) is 12.8 Å². The zero-order valence-corrected chi connectivity index (χ0v) is 16.1. The molecule has 0 unspecified atom stereocenters. The second kappa shape index (κ2) is 7.46. The SMILES string of the molecule is COc1cccc(C(=O)[C@H]2CCCN(C(=O)c3cn4cccc(C)c4n3)C2)c1. The Bertz CT molecular complexity index is 1040. The van der Waals surface area contributed by atoms with Crippen LogP contribution in [0.15, 0.2) is 48.8 Å². The number of Topliss-reactive ketones (excluding diaryl/α,β-unsaturated/α-hetero) is 1. The number of benzene rings is 1. The number of likely N-dealkylation sites (tertiary alicyclic amines) is 1. The third kappa shape index (κ3) is 3.38. The predicted molar refractivity (Wildman–Crippen MR) is 106 cm³/mol. The lowest BCUT2D eigenvalue weighted by Crippen LogP contribution is -2.42. The van der Waals surface area contributed by atoms with Gasteiger partial charge in [-0.3, -0.25) is 9.59 Å². The summed E-state index contributed by atoms with van der Waals surface area (Å²) in [7, 11) is 1.58. The fourth-order valence-electron chi connectivity index (χ4n) is 3.81. The first-order chi connectivity index (χ1) is 13.6.